The quantitative estimate of drug-likeness (QED) is 0.596. The molecule has 0 aliphatic carbocycles. The molecule has 1 amide bonds. The molecular weight excluding hydrogens is 352 g/mol. The normalized spacial score (nSPS) is 10.9. The maximum atomic E-state index is 13.2. The highest BCUT2D eigenvalue weighted by Crippen LogP contribution is 2.30. The maximum absolute atomic E-state index is 13.2. The number of anilines is 1. The van der Waals surface area contributed by atoms with E-state index in [1.807, 2.05) is 44.2 Å². The number of hydrogen-bond acceptors (Lipinski definition) is 4. The van der Waals surface area contributed by atoms with Crippen molar-refractivity contribution in [2.45, 2.75) is 33.3 Å². The molecule has 0 unspecified atom stereocenters. The molecule has 148 valence electrons. The SMILES string of the molecule is COCC#CCNN(C(=O)c1ccccc1)c1cc(C)c(C)c(C(C)(C)O)c1. The van der Waals surface area contributed by atoms with Gasteiger partial charge in [0.1, 0.15) is 6.61 Å². The number of rotatable bonds is 6. The number of carbonyl (C=O) groups is 1. The van der Waals surface area contributed by atoms with Gasteiger partial charge in [-0.1, -0.05) is 30.0 Å². The van der Waals surface area contributed by atoms with Crippen LogP contribution in [0.1, 0.15) is 40.9 Å². The summed E-state index contributed by atoms with van der Waals surface area (Å²) in [5, 5.41) is 12.1. The van der Waals surface area contributed by atoms with Gasteiger partial charge in [0.2, 0.25) is 0 Å². The molecule has 0 aromatic heterocycles. The lowest BCUT2D eigenvalue weighted by molar-refractivity contribution is 0.0777. The minimum Gasteiger partial charge on any atom is -0.386 e. The molecule has 28 heavy (non-hydrogen) atoms. The number of aliphatic hydroxyl groups is 1. The van der Waals surface area contributed by atoms with E-state index in [0.717, 1.165) is 16.7 Å². The zero-order valence-electron chi connectivity index (χ0n) is 17.2. The number of methoxy groups -OCH3 is 1. The summed E-state index contributed by atoms with van der Waals surface area (Å²) in [5.41, 5.74) is 6.06. The van der Waals surface area contributed by atoms with E-state index in [2.05, 4.69) is 17.3 Å². The molecule has 0 heterocycles. The van der Waals surface area contributed by atoms with Crippen LogP contribution in [0.4, 0.5) is 5.69 Å². The molecule has 2 rings (SSSR count). The Balaban J connectivity index is 2.45. The van der Waals surface area contributed by atoms with Crippen LogP contribution in [0.15, 0.2) is 42.5 Å². The fraction of sp³-hybridized carbons (Fsp3) is 0.348. The Morgan fingerprint density at radius 2 is 1.86 bits per heavy atom. The van der Waals surface area contributed by atoms with Crippen molar-refractivity contribution in [1.82, 2.24) is 5.43 Å². The number of amides is 1. The van der Waals surface area contributed by atoms with Crippen LogP contribution in [0.5, 0.6) is 0 Å². The smallest absolute Gasteiger partial charge is 0.272 e. The first-order chi connectivity index (χ1) is 13.3. The van der Waals surface area contributed by atoms with Gasteiger partial charge in [0.25, 0.3) is 5.91 Å². The van der Waals surface area contributed by atoms with Gasteiger partial charge in [0, 0.05) is 12.7 Å². The molecule has 0 atom stereocenters. The molecule has 0 aliphatic rings. The number of carbonyl (C=O) groups excluding carboxylic acids is 1. The Morgan fingerprint density at radius 3 is 2.46 bits per heavy atom. The second kappa shape index (κ2) is 9.52. The van der Waals surface area contributed by atoms with Gasteiger partial charge in [-0.25, -0.2) is 10.4 Å². The van der Waals surface area contributed by atoms with Crippen molar-refractivity contribution in [3.8, 4) is 11.8 Å². The monoisotopic (exact) mass is 380 g/mol. The van der Waals surface area contributed by atoms with Gasteiger partial charge in [0.15, 0.2) is 0 Å². The predicted molar refractivity (Wildman–Crippen MR) is 112 cm³/mol. The first kappa shape index (κ1) is 21.6. The van der Waals surface area contributed by atoms with E-state index in [-0.39, 0.29) is 12.5 Å². The summed E-state index contributed by atoms with van der Waals surface area (Å²) in [6.07, 6.45) is 0. The Morgan fingerprint density at radius 1 is 1.18 bits per heavy atom. The van der Waals surface area contributed by atoms with E-state index >= 15 is 0 Å². The number of ether oxygens (including phenoxy) is 1. The average Bonchev–Trinajstić information content (AvgIpc) is 2.66. The maximum Gasteiger partial charge on any atom is 0.272 e. The highest BCUT2D eigenvalue weighted by Gasteiger charge is 2.24. The van der Waals surface area contributed by atoms with Crippen molar-refractivity contribution in [3.05, 3.63) is 64.7 Å². The summed E-state index contributed by atoms with van der Waals surface area (Å²) in [6, 6.07) is 12.8. The van der Waals surface area contributed by atoms with E-state index in [1.54, 1.807) is 33.1 Å². The summed E-state index contributed by atoms with van der Waals surface area (Å²) in [6.45, 7) is 8.04. The van der Waals surface area contributed by atoms with E-state index in [9.17, 15) is 9.90 Å². The van der Waals surface area contributed by atoms with Gasteiger partial charge in [-0.2, -0.15) is 0 Å². The largest absolute Gasteiger partial charge is 0.386 e. The van der Waals surface area contributed by atoms with Crippen LogP contribution in [0.3, 0.4) is 0 Å². The number of hydrazine groups is 1. The van der Waals surface area contributed by atoms with Crippen LogP contribution < -0.4 is 10.4 Å². The summed E-state index contributed by atoms with van der Waals surface area (Å²) >= 11 is 0. The fourth-order valence-electron chi connectivity index (χ4n) is 2.90. The van der Waals surface area contributed by atoms with Gasteiger partial charge < -0.3 is 9.84 Å². The summed E-state index contributed by atoms with van der Waals surface area (Å²) in [5.74, 6) is 5.60. The second-order valence-corrected chi connectivity index (χ2v) is 7.12. The number of hydrogen-bond donors (Lipinski definition) is 2. The third kappa shape index (κ3) is 5.43. The van der Waals surface area contributed by atoms with Crippen molar-refractivity contribution in [2.75, 3.05) is 25.3 Å². The summed E-state index contributed by atoms with van der Waals surface area (Å²) in [4.78, 5) is 13.2. The average molecular weight is 380 g/mol. The molecule has 0 fully saturated rings. The molecule has 0 bridgehead atoms. The molecule has 2 aromatic carbocycles. The molecule has 0 saturated heterocycles. The number of aryl methyl sites for hydroxylation is 1. The third-order valence-electron chi connectivity index (χ3n) is 4.46. The molecular formula is C23H28N2O3. The molecule has 2 N–H and O–H groups in total. The Labute approximate surface area is 167 Å². The molecule has 0 saturated carbocycles. The minimum atomic E-state index is -1.02. The lowest BCUT2D eigenvalue weighted by Gasteiger charge is -2.28. The Bertz CT molecular complexity index is 874. The lowest BCUT2D eigenvalue weighted by Crippen LogP contribution is -2.43. The van der Waals surface area contributed by atoms with Crippen molar-refractivity contribution in [2.24, 2.45) is 0 Å². The summed E-state index contributed by atoms with van der Waals surface area (Å²) in [7, 11) is 1.58. The van der Waals surface area contributed by atoms with E-state index in [1.165, 1.54) is 5.01 Å². The third-order valence-corrected chi connectivity index (χ3v) is 4.46. The first-order valence-corrected chi connectivity index (χ1v) is 9.17. The van der Waals surface area contributed by atoms with E-state index in [0.29, 0.717) is 17.9 Å². The Kier molecular flexibility index (Phi) is 7.36. The van der Waals surface area contributed by atoms with Gasteiger partial charge >= 0.3 is 0 Å². The van der Waals surface area contributed by atoms with Gasteiger partial charge in [0.05, 0.1) is 17.8 Å². The van der Waals surface area contributed by atoms with Crippen LogP contribution in [0, 0.1) is 25.7 Å². The highest BCUT2D eigenvalue weighted by atomic mass is 16.5. The standard InChI is InChI=1S/C23H28N2O3/c1-17-15-20(16-21(18(17)2)23(3,4)27)25(24-13-9-10-14-28-5)22(26)19-11-7-6-8-12-19/h6-8,11-12,15-16,24,27H,13-14H2,1-5H3. The zero-order valence-corrected chi connectivity index (χ0v) is 17.2. The van der Waals surface area contributed by atoms with Crippen LogP contribution in [0.25, 0.3) is 0 Å². The van der Waals surface area contributed by atoms with Crippen LogP contribution >= 0.6 is 0 Å². The molecule has 5 heteroatoms. The van der Waals surface area contributed by atoms with Gasteiger partial charge in [-0.3, -0.25) is 4.79 Å². The van der Waals surface area contributed by atoms with Crippen LogP contribution in [0.2, 0.25) is 0 Å². The van der Waals surface area contributed by atoms with Crippen molar-refractivity contribution < 1.29 is 14.6 Å². The van der Waals surface area contributed by atoms with Crippen molar-refractivity contribution >= 4 is 11.6 Å². The summed E-state index contributed by atoms with van der Waals surface area (Å²) < 4.78 is 4.92. The minimum absolute atomic E-state index is 0.195. The molecule has 0 spiro atoms. The number of benzene rings is 2. The predicted octanol–water partition coefficient (Wildman–Crippen LogP) is 3.33. The highest BCUT2D eigenvalue weighted by molar-refractivity contribution is 6.05. The van der Waals surface area contributed by atoms with E-state index in [4.69, 9.17) is 4.74 Å². The zero-order chi connectivity index (χ0) is 20.7. The molecule has 5 nitrogen and oxygen atoms in total. The fourth-order valence-corrected chi connectivity index (χ4v) is 2.90. The van der Waals surface area contributed by atoms with Crippen LogP contribution in [-0.2, 0) is 10.3 Å². The first-order valence-electron chi connectivity index (χ1n) is 9.17. The molecule has 0 aliphatic heterocycles. The number of nitrogens with zero attached hydrogens (tertiary/aromatic N) is 1. The second-order valence-electron chi connectivity index (χ2n) is 7.12. The van der Waals surface area contributed by atoms with Crippen molar-refractivity contribution in [3.63, 3.8) is 0 Å². The molecule has 2 aromatic rings. The van der Waals surface area contributed by atoms with Gasteiger partial charge in [-0.05, 0) is 68.7 Å². The Hall–Kier alpha value is -2.65. The van der Waals surface area contributed by atoms with E-state index < -0.39 is 5.60 Å². The van der Waals surface area contributed by atoms with Gasteiger partial charge in [-0.15, -0.1) is 0 Å². The lowest BCUT2D eigenvalue weighted by atomic mass is 9.90. The van der Waals surface area contributed by atoms with Crippen LogP contribution in [-0.4, -0.2) is 31.3 Å². The molecule has 0 radical (unpaired) electrons. The topological polar surface area (TPSA) is 61.8 Å². The number of nitrogens with one attached hydrogen (secondary N) is 1. The van der Waals surface area contributed by atoms with Crippen molar-refractivity contribution in [1.29, 1.82) is 0 Å².